The average Bonchev–Trinajstić information content (AvgIpc) is 2.90. The van der Waals surface area contributed by atoms with Gasteiger partial charge in [0.15, 0.2) is 0 Å². The van der Waals surface area contributed by atoms with Crippen LogP contribution in [0, 0.1) is 6.92 Å². The lowest BCUT2D eigenvalue weighted by atomic mass is 9.96. The van der Waals surface area contributed by atoms with E-state index in [1.54, 1.807) is 4.90 Å². The molecular weight excluding hydrogens is 264 g/mol. The summed E-state index contributed by atoms with van der Waals surface area (Å²) in [5.74, 6) is 0.154. The lowest BCUT2D eigenvalue weighted by molar-refractivity contribution is -0.119. The molecule has 5 heteroatoms. The van der Waals surface area contributed by atoms with Gasteiger partial charge < -0.3 is 10.2 Å². The molecule has 0 fully saturated rings. The Morgan fingerprint density at radius 2 is 2.19 bits per heavy atom. The number of rotatable bonds is 4. The van der Waals surface area contributed by atoms with Crippen LogP contribution < -0.4 is 10.2 Å². The van der Waals surface area contributed by atoms with Crippen LogP contribution >= 0.6 is 0 Å². The molecule has 2 heterocycles. The van der Waals surface area contributed by atoms with Crippen LogP contribution in [-0.4, -0.2) is 29.3 Å². The molecule has 1 unspecified atom stereocenters. The first-order valence-corrected chi connectivity index (χ1v) is 7.23. The van der Waals surface area contributed by atoms with Crippen molar-refractivity contribution in [3.63, 3.8) is 0 Å². The van der Waals surface area contributed by atoms with Gasteiger partial charge in [0, 0.05) is 37.9 Å². The van der Waals surface area contributed by atoms with Crippen molar-refractivity contribution in [2.45, 2.75) is 25.9 Å². The largest absolute Gasteiger partial charge is 0.315 e. The van der Waals surface area contributed by atoms with Crippen molar-refractivity contribution >= 4 is 11.6 Å². The Balaban J connectivity index is 1.68. The molecule has 21 heavy (non-hydrogen) atoms. The number of carbonyl (C=O) groups is 1. The van der Waals surface area contributed by atoms with E-state index in [9.17, 15) is 4.79 Å². The fourth-order valence-corrected chi connectivity index (χ4v) is 2.77. The van der Waals surface area contributed by atoms with E-state index in [4.69, 9.17) is 0 Å². The number of hydrogen-bond acceptors (Lipinski definition) is 3. The number of benzene rings is 1. The summed E-state index contributed by atoms with van der Waals surface area (Å²) in [5.41, 5.74) is 3.35. The Morgan fingerprint density at radius 1 is 1.38 bits per heavy atom. The summed E-state index contributed by atoms with van der Waals surface area (Å²) < 4.78 is 1.92. The van der Waals surface area contributed by atoms with Crippen LogP contribution in [0.3, 0.4) is 0 Å². The van der Waals surface area contributed by atoms with Crippen LogP contribution in [0.2, 0.25) is 0 Å². The third kappa shape index (κ3) is 2.83. The molecule has 0 saturated heterocycles. The zero-order valence-electron chi connectivity index (χ0n) is 12.4. The molecule has 1 amide bonds. The second kappa shape index (κ2) is 5.69. The van der Waals surface area contributed by atoms with Crippen LogP contribution in [0.15, 0.2) is 36.7 Å². The number of hydrogen-bond donors (Lipinski definition) is 1. The minimum atomic E-state index is 0.0848. The second-order valence-corrected chi connectivity index (χ2v) is 5.50. The van der Waals surface area contributed by atoms with Crippen LogP contribution in [0.5, 0.6) is 0 Å². The average molecular weight is 284 g/mol. The van der Waals surface area contributed by atoms with Crippen molar-refractivity contribution in [1.29, 1.82) is 0 Å². The SMILES string of the molecule is Cc1cnn(CCNC2CC(=O)N(C)c3ccccc32)c1. The quantitative estimate of drug-likeness (QED) is 0.932. The summed E-state index contributed by atoms with van der Waals surface area (Å²) in [5, 5.41) is 7.75. The summed E-state index contributed by atoms with van der Waals surface area (Å²) in [4.78, 5) is 13.8. The Kier molecular flexibility index (Phi) is 3.75. The third-order valence-corrected chi connectivity index (χ3v) is 3.92. The van der Waals surface area contributed by atoms with Gasteiger partial charge in [-0.05, 0) is 24.1 Å². The first-order valence-electron chi connectivity index (χ1n) is 7.23. The summed E-state index contributed by atoms with van der Waals surface area (Å²) in [6.07, 6.45) is 4.38. The van der Waals surface area contributed by atoms with Gasteiger partial charge in [-0.15, -0.1) is 0 Å². The van der Waals surface area contributed by atoms with Gasteiger partial charge in [0.1, 0.15) is 0 Å². The highest BCUT2D eigenvalue weighted by Gasteiger charge is 2.28. The zero-order chi connectivity index (χ0) is 14.8. The number of aromatic nitrogens is 2. The summed E-state index contributed by atoms with van der Waals surface area (Å²) in [6, 6.07) is 8.17. The van der Waals surface area contributed by atoms with E-state index < -0.39 is 0 Å². The maximum atomic E-state index is 12.1. The first kappa shape index (κ1) is 13.8. The van der Waals surface area contributed by atoms with Crippen LogP contribution in [0.25, 0.3) is 0 Å². The summed E-state index contributed by atoms with van der Waals surface area (Å²) in [7, 11) is 1.84. The van der Waals surface area contributed by atoms with Gasteiger partial charge >= 0.3 is 0 Å². The van der Waals surface area contributed by atoms with Gasteiger partial charge in [-0.25, -0.2) is 0 Å². The highest BCUT2D eigenvalue weighted by atomic mass is 16.2. The van der Waals surface area contributed by atoms with E-state index in [0.717, 1.165) is 24.3 Å². The van der Waals surface area contributed by atoms with E-state index in [1.165, 1.54) is 5.56 Å². The maximum absolute atomic E-state index is 12.1. The lowest BCUT2D eigenvalue weighted by Gasteiger charge is -2.32. The smallest absolute Gasteiger partial charge is 0.228 e. The first-order chi connectivity index (χ1) is 10.1. The van der Waals surface area contributed by atoms with Crippen molar-refractivity contribution in [2.24, 2.45) is 0 Å². The number of amides is 1. The number of carbonyl (C=O) groups excluding carboxylic acids is 1. The van der Waals surface area contributed by atoms with Crippen molar-refractivity contribution in [2.75, 3.05) is 18.5 Å². The summed E-state index contributed by atoms with van der Waals surface area (Å²) in [6.45, 7) is 3.62. The monoisotopic (exact) mass is 284 g/mol. The number of aryl methyl sites for hydroxylation is 1. The Hall–Kier alpha value is -2.14. The molecule has 1 atom stereocenters. The Bertz CT molecular complexity index is 649. The molecule has 0 aliphatic carbocycles. The van der Waals surface area contributed by atoms with E-state index in [1.807, 2.05) is 49.2 Å². The topological polar surface area (TPSA) is 50.2 Å². The molecule has 0 saturated carbocycles. The second-order valence-electron chi connectivity index (χ2n) is 5.50. The highest BCUT2D eigenvalue weighted by molar-refractivity contribution is 5.96. The molecule has 110 valence electrons. The Morgan fingerprint density at radius 3 is 2.95 bits per heavy atom. The predicted molar refractivity (Wildman–Crippen MR) is 82.2 cm³/mol. The van der Waals surface area contributed by atoms with Crippen LogP contribution in [0.4, 0.5) is 5.69 Å². The fraction of sp³-hybridized carbons (Fsp3) is 0.375. The van der Waals surface area contributed by atoms with Crippen molar-refractivity contribution in [3.8, 4) is 0 Å². The highest BCUT2D eigenvalue weighted by Crippen LogP contribution is 2.33. The molecule has 2 aromatic rings. The third-order valence-electron chi connectivity index (χ3n) is 3.92. The zero-order valence-corrected chi connectivity index (χ0v) is 12.4. The Labute approximate surface area is 124 Å². The summed E-state index contributed by atoms with van der Waals surface area (Å²) >= 11 is 0. The molecule has 0 spiro atoms. The van der Waals surface area contributed by atoms with E-state index in [2.05, 4.69) is 16.5 Å². The lowest BCUT2D eigenvalue weighted by Crippen LogP contribution is -2.38. The molecule has 1 aliphatic rings. The predicted octanol–water partition coefficient (Wildman–Crippen LogP) is 1.89. The number of fused-ring (bicyclic) bond motifs is 1. The van der Waals surface area contributed by atoms with Crippen LogP contribution in [0.1, 0.15) is 23.6 Å². The molecule has 0 radical (unpaired) electrons. The van der Waals surface area contributed by atoms with Gasteiger partial charge in [0.25, 0.3) is 0 Å². The normalized spacial score (nSPS) is 17.9. The van der Waals surface area contributed by atoms with Crippen molar-refractivity contribution in [1.82, 2.24) is 15.1 Å². The van der Waals surface area contributed by atoms with E-state index >= 15 is 0 Å². The molecule has 1 aromatic carbocycles. The van der Waals surface area contributed by atoms with Gasteiger partial charge in [0.2, 0.25) is 5.91 Å². The number of para-hydroxylation sites is 1. The molecular formula is C16H20N4O. The molecule has 3 rings (SSSR count). The van der Waals surface area contributed by atoms with Crippen molar-refractivity contribution < 1.29 is 4.79 Å². The van der Waals surface area contributed by atoms with Gasteiger partial charge in [-0.1, -0.05) is 18.2 Å². The minimum Gasteiger partial charge on any atom is -0.315 e. The molecule has 1 N–H and O–H groups in total. The molecule has 5 nitrogen and oxygen atoms in total. The van der Waals surface area contributed by atoms with Gasteiger partial charge in [0.05, 0.1) is 12.7 Å². The van der Waals surface area contributed by atoms with Gasteiger partial charge in [-0.3, -0.25) is 9.48 Å². The van der Waals surface area contributed by atoms with Crippen LogP contribution in [-0.2, 0) is 11.3 Å². The number of nitrogens with zero attached hydrogens (tertiary/aromatic N) is 3. The van der Waals surface area contributed by atoms with E-state index in [-0.39, 0.29) is 11.9 Å². The van der Waals surface area contributed by atoms with Gasteiger partial charge in [-0.2, -0.15) is 5.10 Å². The van der Waals surface area contributed by atoms with Crippen molar-refractivity contribution in [3.05, 3.63) is 47.8 Å². The molecule has 1 aliphatic heterocycles. The number of nitrogens with one attached hydrogen (secondary N) is 1. The molecule has 1 aromatic heterocycles. The molecule has 0 bridgehead atoms. The fourth-order valence-electron chi connectivity index (χ4n) is 2.77. The maximum Gasteiger partial charge on any atom is 0.228 e. The standard InChI is InChI=1S/C16H20N4O/c1-12-10-18-20(11-12)8-7-17-14-9-16(21)19(2)15-6-4-3-5-13(14)15/h3-6,10-11,14,17H,7-9H2,1-2H3. The minimum absolute atomic E-state index is 0.0848. The number of anilines is 1. The van der Waals surface area contributed by atoms with E-state index in [0.29, 0.717) is 6.42 Å².